The number of thiol groups is 1. The van der Waals surface area contributed by atoms with Crippen LogP contribution in [0, 0.1) is 0 Å². The SMILES string of the molecule is C[SH](C)N1CCNC1=O. The molecule has 3 nitrogen and oxygen atoms in total. The van der Waals surface area contributed by atoms with Crippen LogP contribution in [-0.4, -0.2) is 35.9 Å². The molecule has 54 valence electrons. The van der Waals surface area contributed by atoms with E-state index in [1.807, 2.05) is 4.31 Å². The number of nitrogens with zero attached hydrogens (tertiary/aromatic N) is 1. The summed E-state index contributed by atoms with van der Waals surface area (Å²) in [6.45, 7) is 1.71. The normalized spacial score (nSPS) is 20.0. The number of rotatable bonds is 1. The number of urea groups is 1. The van der Waals surface area contributed by atoms with Crippen molar-refractivity contribution >= 4 is 17.1 Å². The van der Waals surface area contributed by atoms with Crippen LogP contribution >= 0.6 is 11.1 Å². The number of nitrogens with one attached hydrogen (secondary N) is 1. The molecule has 0 bridgehead atoms. The van der Waals surface area contributed by atoms with Crippen LogP contribution in [0.5, 0.6) is 0 Å². The van der Waals surface area contributed by atoms with Gasteiger partial charge in [-0.3, -0.25) is 4.31 Å². The third-order valence-electron chi connectivity index (χ3n) is 1.32. The first-order valence-corrected chi connectivity index (χ1v) is 5.13. The quantitative estimate of drug-likeness (QED) is 0.511. The summed E-state index contributed by atoms with van der Waals surface area (Å²) in [5.74, 6) is 0. The summed E-state index contributed by atoms with van der Waals surface area (Å²) in [6, 6.07) is 0.103. The second-order valence-corrected chi connectivity index (χ2v) is 4.38. The Balaban J connectivity index is 2.49. The highest BCUT2D eigenvalue weighted by Gasteiger charge is 2.19. The summed E-state index contributed by atoms with van der Waals surface area (Å²) >= 11 is -0.220. The Kier molecular flexibility index (Phi) is 1.85. The van der Waals surface area contributed by atoms with Gasteiger partial charge in [0.15, 0.2) is 0 Å². The fraction of sp³-hybridized carbons (Fsp3) is 0.800. The standard InChI is InChI=1S/C5H12N2OS/c1-9(2)7-4-3-6-5(7)8/h9H,3-4H2,1-2H3,(H,6,8). The summed E-state index contributed by atoms with van der Waals surface area (Å²) in [7, 11) is 0. The molecule has 1 N–H and O–H groups in total. The molecule has 2 amide bonds. The molecule has 0 aromatic heterocycles. The maximum Gasteiger partial charge on any atom is 0.325 e. The molecule has 9 heavy (non-hydrogen) atoms. The smallest absolute Gasteiger partial charge is 0.325 e. The summed E-state index contributed by atoms with van der Waals surface area (Å²) < 4.78 is 1.88. The minimum absolute atomic E-state index is 0.103. The summed E-state index contributed by atoms with van der Waals surface area (Å²) in [6.07, 6.45) is 4.17. The first kappa shape index (κ1) is 6.74. The Morgan fingerprint density at radius 3 is 2.56 bits per heavy atom. The van der Waals surface area contributed by atoms with Gasteiger partial charge in [-0.15, -0.1) is 0 Å². The summed E-state index contributed by atoms with van der Waals surface area (Å²) in [4.78, 5) is 10.8. The van der Waals surface area contributed by atoms with Gasteiger partial charge in [-0.1, -0.05) is 0 Å². The van der Waals surface area contributed by atoms with Gasteiger partial charge < -0.3 is 5.32 Å². The number of hydrogen-bond acceptors (Lipinski definition) is 1. The Morgan fingerprint density at radius 1 is 1.67 bits per heavy atom. The minimum Gasteiger partial charge on any atom is -0.335 e. The van der Waals surface area contributed by atoms with Crippen LogP contribution in [0.25, 0.3) is 0 Å². The molecule has 0 saturated carbocycles. The highest BCUT2D eigenvalue weighted by atomic mass is 32.2. The lowest BCUT2D eigenvalue weighted by atomic mass is 10.7. The number of amides is 2. The van der Waals surface area contributed by atoms with Crippen molar-refractivity contribution in [1.29, 1.82) is 0 Å². The van der Waals surface area contributed by atoms with Crippen molar-refractivity contribution in [2.75, 3.05) is 25.6 Å². The molecule has 0 aromatic carbocycles. The third-order valence-corrected chi connectivity index (χ3v) is 2.66. The van der Waals surface area contributed by atoms with Gasteiger partial charge >= 0.3 is 6.03 Å². The van der Waals surface area contributed by atoms with E-state index in [0.29, 0.717) is 0 Å². The van der Waals surface area contributed by atoms with E-state index in [1.54, 1.807) is 0 Å². The van der Waals surface area contributed by atoms with Crippen LogP contribution in [0.4, 0.5) is 4.79 Å². The average Bonchev–Trinajstić information content (AvgIpc) is 2.13. The van der Waals surface area contributed by atoms with Crippen molar-refractivity contribution in [3.05, 3.63) is 0 Å². The molecular formula is C5H12N2OS. The van der Waals surface area contributed by atoms with Crippen LogP contribution in [-0.2, 0) is 0 Å². The molecule has 1 fully saturated rings. The minimum atomic E-state index is -0.220. The molecule has 0 atom stereocenters. The molecule has 4 heteroatoms. The van der Waals surface area contributed by atoms with Crippen LogP contribution in [0.2, 0.25) is 0 Å². The zero-order chi connectivity index (χ0) is 6.85. The van der Waals surface area contributed by atoms with Crippen molar-refractivity contribution in [2.24, 2.45) is 0 Å². The number of hydrogen-bond donors (Lipinski definition) is 2. The summed E-state index contributed by atoms with van der Waals surface area (Å²) in [5.41, 5.74) is 0. The second-order valence-electron chi connectivity index (χ2n) is 2.20. The van der Waals surface area contributed by atoms with Crippen LogP contribution in [0.1, 0.15) is 0 Å². The molecule has 1 aliphatic rings. The molecule has 1 rings (SSSR count). The van der Waals surface area contributed by atoms with E-state index in [0.717, 1.165) is 13.1 Å². The lowest BCUT2D eigenvalue weighted by Gasteiger charge is -2.21. The van der Waals surface area contributed by atoms with Gasteiger partial charge in [0.05, 0.1) is 0 Å². The van der Waals surface area contributed by atoms with Gasteiger partial charge in [0.2, 0.25) is 0 Å². The van der Waals surface area contributed by atoms with E-state index in [9.17, 15) is 4.79 Å². The Bertz CT molecular complexity index is 126. The van der Waals surface area contributed by atoms with E-state index in [2.05, 4.69) is 17.8 Å². The van der Waals surface area contributed by atoms with Crippen LogP contribution < -0.4 is 5.32 Å². The second kappa shape index (κ2) is 2.47. The van der Waals surface area contributed by atoms with Crippen LogP contribution in [0.15, 0.2) is 0 Å². The van der Waals surface area contributed by atoms with Gasteiger partial charge in [0.1, 0.15) is 0 Å². The van der Waals surface area contributed by atoms with E-state index < -0.39 is 0 Å². The van der Waals surface area contributed by atoms with Crippen molar-refractivity contribution in [2.45, 2.75) is 0 Å². The van der Waals surface area contributed by atoms with E-state index in [-0.39, 0.29) is 17.1 Å². The van der Waals surface area contributed by atoms with Gasteiger partial charge in [-0.05, 0) is 12.5 Å². The van der Waals surface area contributed by atoms with E-state index >= 15 is 0 Å². The fourth-order valence-corrected chi connectivity index (χ4v) is 1.78. The third kappa shape index (κ3) is 1.30. The molecule has 1 heterocycles. The van der Waals surface area contributed by atoms with Crippen molar-refractivity contribution < 1.29 is 4.79 Å². The highest BCUT2D eigenvalue weighted by Crippen LogP contribution is 2.22. The molecule has 1 aliphatic heterocycles. The first-order chi connectivity index (χ1) is 4.22. The maximum atomic E-state index is 10.8. The molecule has 0 aliphatic carbocycles. The molecular weight excluding hydrogens is 136 g/mol. The number of carbonyl (C=O) groups is 1. The topological polar surface area (TPSA) is 32.3 Å². The maximum absolute atomic E-state index is 10.8. The average molecular weight is 148 g/mol. The monoisotopic (exact) mass is 148 g/mol. The lowest BCUT2D eigenvalue weighted by Crippen LogP contribution is -2.24. The molecule has 0 unspecified atom stereocenters. The largest absolute Gasteiger partial charge is 0.335 e. The fourth-order valence-electron chi connectivity index (χ4n) is 0.843. The van der Waals surface area contributed by atoms with Crippen molar-refractivity contribution in [1.82, 2.24) is 9.62 Å². The first-order valence-electron chi connectivity index (χ1n) is 2.94. The Morgan fingerprint density at radius 2 is 2.33 bits per heavy atom. The predicted molar refractivity (Wildman–Crippen MR) is 40.9 cm³/mol. The van der Waals surface area contributed by atoms with Gasteiger partial charge in [0.25, 0.3) is 0 Å². The molecule has 0 spiro atoms. The van der Waals surface area contributed by atoms with Crippen molar-refractivity contribution in [3.63, 3.8) is 0 Å². The Labute approximate surface area is 57.9 Å². The zero-order valence-corrected chi connectivity index (χ0v) is 6.61. The Hall–Kier alpha value is -0.380. The van der Waals surface area contributed by atoms with Gasteiger partial charge in [0, 0.05) is 13.1 Å². The number of carbonyl (C=O) groups excluding carboxylic acids is 1. The van der Waals surface area contributed by atoms with E-state index in [4.69, 9.17) is 0 Å². The van der Waals surface area contributed by atoms with Crippen molar-refractivity contribution in [3.8, 4) is 0 Å². The van der Waals surface area contributed by atoms with Gasteiger partial charge in [-0.2, -0.15) is 11.1 Å². The molecule has 0 radical (unpaired) electrons. The predicted octanol–water partition coefficient (Wildman–Crippen LogP) is 0.187. The van der Waals surface area contributed by atoms with E-state index in [1.165, 1.54) is 0 Å². The zero-order valence-electron chi connectivity index (χ0n) is 5.72. The van der Waals surface area contributed by atoms with Gasteiger partial charge in [-0.25, -0.2) is 4.79 Å². The summed E-state index contributed by atoms with van der Waals surface area (Å²) in [5, 5.41) is 2.75. The highest BCUT2D eigenvalue weighted by molar-refractivity contribution is 8.14. The lowest BCUT2D eigenvalue weighted by molar-refractivity contribution is 0.237. The van der Waals surface area contributed by atoms with Crippen LogP contribution in [0.3, 0.4) is 0 Å². The molecule has 0 aromatic rings. The molecule has 1 saturated heterocycles.